The Bertz CT molecular complexity index is 989. The third-order valence-corrected chi connectivity index (χ3v) is 5.37. The first-order valence-corrected chi connectivity index (χ1v) is 9.87. The molecule has 0 amide bonds. The third-order valence-electron chi connectivity index (χ3n) is 5.12. The molecule has 4 rings (SSSR count). The molecule has 0 bridgehead atoms. The molecule has 5 atom stereocenters. The second kappa shape index (κ2) is 9.14. The van der Waals surface area contributed by atoms with E-state index in [1.54, 1.807) is 24.3 Å². The van der Waals surface area contributed by atoms with Gasteiger partial charge in [-0.3, -0.25) is 5.01 Å². The van der Waals surface area contributed by atoms with Crippen molar-refractivity contribution in [2.45, 2.75) is 30.6 Å². The zero-order valence-electron chi connectivity index (χ0n) is 16.3. The van der Waals surface area contributed by atoms with E-state index in [9.17, 15) is 28.5 Å². The molecule has 172 valence electrons. The highest BCUT2D eigenvalue weighted by molar-refractivity contribution is 6.30. The second-order valence-electron chi connectivity index (χ2n) is 7.21. The molecule has 0 aromatic heterocycles. The van der Waals surface area contributed by atoms with E-state index in [0.29, 0.717) is 10.8 Å². The molecule has 0 saturated carbocycles. The van der Waals surface area contributed by atoms with Gasteiger partial charge < -0.3 is 30.2 Å². The summed E-state index contributed by atoms with van der Waals surface area (Å²) in [6.45, 7) is -0.572. The Morgan fingerprint density at radius 3 is 2.34 bits per heavy atom. The fraction of sp³-hybridized carbons (Fsp3) is 0.300. The molecule has 8 nitrogen and oxygen atoms in total. The molecule has 32 heavy (non-hydrogen) atoms. The smallest absolute Gasteiger partial charge is 0.228 e. The average molecular weight is 474 g/mol. The largest absolute Gasteiger partial charge is 0.462 e. The van der Waals surface area contributed by atoms with Crippen molar-refractivity contribution >= 4 is 17.3 Å². The number of hydrogen-bond acceptors (Lipinski definition) is 8. The molecule has 1 saturated heterocycles. The number of aliphatic hydroxyl groups is 3. The quantitative estimate of drug-likeness (QED) is 0.413. The average Bonchev–Trinajstić information content (AvgIpc) is 3.25. The lowest BCUT2D eigenvalue weighted by atomic mass is 9.95. The van der Waals surface area contributed by atoms with Gasteiger partial charge in [0.1, 0.15) is 30.1 Å². The Labute approximate surface area is 185 Å². The maximum absolute atomic E-state index is 13.6. The van der Waals surface area contributed by atoms with Gasteiger partial charge in [-0.05, 0) is 36.4 Å². The van der Waals surface area contributed by atoms with Crippen LogP contribution in [0.4, 0.5) is 13.2 Å². The molecule has 2 aliphatic heterocycles. The van der Waals surface area contributed by atoms with E-state index in [2.05, 4.69) is 11.0 Å². The number of nitrogens with zero attached hydrogens (tertiary/aromatic N) is 1. The molecule has 0 aliphatic carbocycles. The number of benzene rings is 2. The molecule has 3 unspecified atom stereocenters. The van der Waals surface area contributed by atoms with Gasteiger partial charge in [-0.1, -0.05) is 11.6 Å². The Balaban J connectivity index is 1.58. The number of halogens is 4. The highest BCUT2D eigenvalue weighted by atomic mass is 35.5. The van der Waals surface area contributed by atoms with Crippen LogP contribution in [0.1, 0.15) is 5.56 Å². The summed E-state index contributed by atoms with van der Waals surface area (Å²) in [4.78, 5) is 0. The monoisotopic (exact) mass is 473 g/mol. The Morgan fingerprint density at radius 2 is 1.72 bits per heavy atom. The molecule has 2 aromatic rings. The Hall–Kier alpha value is -2.54. The van der Waals surface area contributed by atoms with Gasteiger partial charge in [0.25, 0.3) is 0 Å². The number of aliphatic hydroxyl groups excluding tert-OH is 3. The number of hydrazine groups is 2. The van der Waals surface area contributed by atoms with E-state index in [-0.39, 0.29) is 11.3 Å². The number of hydrogen-bond donors (Lipinski definition) is 5. The topological polar surface area (TPSA) is 106 Å². The molecule has 0 radical (unpaired) electrons. The molecule has 2 heterocycles. The van der Waals surface area contributed by atoms with Gasteiger partial charge in [0.2, 0.25) is 6.29 Å². The molecular weight excluding hydrogens is 455 g/mol. The molecular formula is C20H19ClF3N3O5. The van der Waals surface area contributed by atoms with Crippen LogP contribution in [0.2, 0.25) is 5.02 Å². The minimum absolute atomic E-state index is 0.0138. The zero-order chi connectivity index (χ0) is 23.0. The summed E-state index contributed by atoms with van der Waals surface area (Å²) >= 11 is 5.85. The van der Waals surface area contributed by atoms with E-state index in [4.69, 9.17) is 21.1 Å². The van der Waals surface area contributed by atoms with Crippen LogP contribution < -0.4 is 15.7 Å². The molecule has 12 heteroatoms. The summed E-state index contributed by atoms with van der Waals surface area (Å²) in [7, 11) is 0. The zero-order valence-corrected chi connectivity index (χ0v) is 17.0. The molecule has 2 aromatic carbocycles. The van der Waals surface area contributed by atoms with Crippen molar-refractivity contribution in [2.75, 3.05) is 6.61 Å². The van der Waals surface area contributed by atoms with Crippen LogP contribution in [0.3, 0.4) is 0 Å². The fourth-order valence-electron chi connectivity index (χ4n) is 3.49. The summed E-state index contributed by atoms with van der Waals surface area (Å²) in [6.07, 6.45) is -3.88. The Kier molecular flexibility index (Phi) is 6.47. The third kappa shape index (κ3) is 4.35. The first-order valence-electron chi connectivity index (χ1n) is 9.50. The van der Waals surface area contributed by atoms with Gasteiger partial charge in [-0.15, -0.1) is 5.53 Å². The van der Waals surface area contributed by atoms with Crippen LogP contribution in [-0.2, 0) is 4.74 Å². The number of ether oxygens (including phenoxy) is 2. The highest BCUT2D eigenvalue weighted by Crippen LogP contribution is 2.30. The predicted octanol–water partition coefficient (Wildman–Crippen LogP) is 1.27. The standard InChI is InChI=1S/C20H19ClF3N3O5/c21-10-1-3-11(4-2-10)31-20-19(30)17(18(29)15(8-28)32-20)27-7-14(25-26-27)9-5-12(22)16(24)13(23)6-9/h1-7,15,17-20,25-26,28-30H,8H2/t15?,17?,18-,19?,20-/m0/s1. The molecule has 0 spiro atoms. The maximum Gasteiger partial charge on any atom is 0.228 e. The van der Waals surface area contributed by atoms with Crippen molar-refractivity contribution in [3.05, 3.63) is 70.6 Å². The van der Waals surface area contributed by atoms with Gasteiger partial charge in [-0.25, -0.2) is 13.2 Å². The molecule has 5 N–H and O–H groups in total. The SMILES string of the molecule is OCC1O[C@H](Oc2ccc(Cl)cc2)C(O)C(N2C=C(c3cc(F)c(F)c(F)c3)NN2)[C@H]1O. The maximum atomic E-state index is 13.6. The van der Waals surface area contributed by atoms with Crippen molar-refractivity contribution in [1.82, 2.24) is 16.0 Å². The van der Waals surface area contributed by atoms with Gasteiger partial charge in [-0.2, -0.15) is 0 Å². The van der Waals surface area contributed by atoms with E-state index < -0.39 is 54.7 Å². The van der Waals surface area contributed by atoms with Crippen LogP contribution in [-0.4, -0.2) is 57.6 Å². The first-order chi connectivity index (χ1) is 15.3. The van der Waals surface area contributed by atoms with E-state index >= 15 is 0 Å². The first kappa shape index (κ1) is 22.6. The van der Waals surface area contributed by atoms with Crippen molar-refractivity contribution in [3.8, 4) is 5.75 Å². The summed E-state index contributed by atoms with van der Waals surface area (Å²) in [5.74, 6) is -4.01. The lowest BCUT2D eigenvalue weighted by Gasteiger charge is -2.44. The van der Waals surface area contributed by atoms with Crippen molar-refractivity contribution in [1.29, 1.82) is 0 Å². The fourth-order valence-corrected chi connectivity index (χ4v) is 3.61. The summed E-state index contributed by atoms with van der Waals surface area (Å²) < 4.78 is 51.6. The lowest BCUT2D eigenvalue weighted by molar-refractivity contribution is -0.265. The van der Waals surface area contributed by atoms with Crippen molar-refractivity contribution < 1.29 is 38.0 Å². The summed E-state index contributed by atoms with van der Waals surface area (Å²) in [6, 6.07) is 6.73. The summed E-state index contributed by atoms with van der Waals surface area (Å²) in [5, 5.41) is 32.8. The van der Waals surface area contributed by atoms with Crippen molar-refractivity contribution in [3.63, 3.8) is 0 Å². The summed E-state index contributed by atoms with van der Waals surface area (Å²) in [5.41, 5.74) is 5.42. The van der Waals surface area contributed by atoms with E-state index in [1.807, 2.05) is 0 Å². The van der Waals surface area contributed by atoms with Gasteiger partial charge in [0, 0.05) is 16.8 Å². The van der Waals surface area contributed by atoms with Crippen LogP contribution in [0.15, 0.2) is 42.6 Å². The van der Waals surface area contributed by atoms with Crippen LogP contribution in [0.5, 0.6) is 5.75 Å². The van der Waals surface area contributed by atoms with Crippen molar-refractivity contribution in [2.24, 2.45) is 0 Å². The number of rotatable bonds is 5. The van der Waals surface area contributed by atoms with Crippen LogP contribution >= 0.6 is 11.6 Å². The van der Waals surface area contributed by atoms with E-state index in [1.165, 1.54) is 11.2 Å². The predicted molar refractivity (Wildman–Crippen MR) is 106 cm³/mol. The Morgan fingerprint density at radius 1 is 1.06 bits per heavy atom. The van der Waals surface area contributed by atoms with Crippen LogP contribution in [0.25, 0.3) is 5.70 Å². The minimum Gasteiger partial charge on any atom is -0.462 e. The van der Waals surface area contributed by atoms with Gasteiger partial charge >= 0.3 is 0 Å². The molecule has 2 aliphatic rings. The molecule has 1 fully saturated rings. The van der Waals surface area contributed by atoms with Gasteiger partial charge in [0.05, 0.1) is 12.3 Å². The highest BCUT2D eigenvalue weighted by Gasteiger charge is 2.48. The van der Waals surface area contributed by atoms with E-state index in [0.717, 1.165) is 12.1 Å². The number of nitrogens with one attached hydrogen (secondary N) is 2. The van der Waals surface area contributed by atoms with Crippen LogP contribution in [0, 0.1) is 17.5 Å². The van der Waals surface area contributed by atoms with Gasteiger partial charge in [0.15, 0.2) is 17.5 Å². The minimum atomic E-state index is -1.60. The normalized spacial score (nSPS) is 27.8. The lowest BCUT2D eigenvalue weighted by Crippen LogP contribution is -2.66. The second-order valence-corrected chi connectivity index (χ2v) is 7.65.